The van der Waals surface area contributed by atoms with Gasteiger partial charge in [-0.05, 0) is 25.1 Å². The van der Waals surface area contributed by atoms with Crippen LogP contribution in [0.3, 0.4) is 0 Å². The van der Waals surface area contributed by atoms with E-state index in [1.165, 1.54) is 110 Å². The lowest BCUT2D eigenvalue weighted by Crippen LogP contribution is -2.34. The lowest BCUT2D eigenvalue weighted by atomic mass is 10.0. The van der Waals surface area contributed by atoms with Crippen LogP contribution in [0.5, 0.6) is 0 Å². The largest absolute Gasteiger partial charge is 0.314 e. The van der Waals surface area contributed by atoms with Crippen molar-refractivity contribution in [3.63, 3.8) is 0 Å². The maximum Gasteiger partial charge on any atom is 0.0107 e. The second-order valence-corrected chi connectivity index (χ2v) is 8.46. The van der Waals surface area contributed by atoms with E-state index in [0.717, 1.165) is 31.9 Å². The first-order chi connectivity index (χ1) is 12.9. The number of nitrogens with one attached hydrogen (secondary N) is 2. The quantitative estimate of drug-likeness (QED) is 0.261. The Bertz CT molecular complexity index is 266. The molecule has 2 N–H and O–H groups in total. The average molecular weight is 386 g/mol. The van der Waals surface area contributed by atoms with Crippen LogP contribution in [0, 0.1) is 0 Å². The van der Waals surface area contributed by atoms with Crippen LogP contribution in [0.15, 0.2) is 0 Å². The summed E-state index contributed by atoms with van der Waals surface area (Å²) in [7, 11) is 0. The van der Waals surface area contributed by atoms with Gasteiger partial charge < -0.3 is 15.5 Å². The van der Waals surface area contributed by atoms with Crippen LogP contribution < -0.4 is 10.6 Å². The molecule has 0 unspecified atom stereocenters. The first kappa shape index (κ1) is 24.3. The van der Waals surface area contributed by atoms with E-state index in [9.17, 15) is 0 Å². The number of hydrogen-bond donors (Lipinski definition) is 3. The summed E-state index contributed by atoms with van der Waals surface area (Å²) in [6.45, 7) is 8.26. The highest BCUT2D eigenvalue weighted by Gasteiger charge is 2.05. The van der Waals surface area contributed by atoms with E-state index in [1.54, 1.807) is 0 Å². The Morgan fingerprint density at radius 2 is 0.885 bits per heavy atom. The first-order valence-corrected chi connectivity index (χ1v) is 12.3. The minimum atomic E-state index is 1.06. The molecule has 26 heavy (non-hydrogen) atoms. The van der Waals surface area contributed by atoms with Crippen LogP contribution in [0.2, 0.25) is 0 Å². The fourth-order valence-electron chi connectivity index (χ4n) is 3.81. The van der Waals surface area contributed by atoms with E-state index < -0.39 is 0 Å². The summed E-state index contributed by atoms with van der Waals surface area (Å²) in [6.07, 6.45) is 20.0. The normalized spacial score (nSPS) is 17.0. The van der Waals surface area contributed by atoms with Gasteiger partial charge in [0.05, 0.1) is 0 Å². The number of hydrogen-bond acceptors (Lipinski definition) is 4. The topological polar surface area (TPSA) is 27.3 Å². The number of nitrogens with zero attached hydrogens (tertiary/aromatic N) is 1. The van der Waals surface area contributed by atoms with Crippen molar-refractivity contribution in [1.29, 1.82) is 0 Å². The Morgan fingerprint density at radius 3 is 1.31 bits per heavy atom. The highest BCUT2D eigenvalue weighted by atomic mass is 32.1. The molecule has 1 rings (SSSR count). The van der Waals surface area contributed by atoms with Crippen molar-refractivity contribution in [3.05, 3.63) is 0 Å². The third-order valence-corrected chi connectivity index (χ3v) is 5.89. The van der Waals surface area contributed by atoms with Crippen molar-refractivity contribution in [2.75, 3.05) is 51.6 Å². The zero-order valence-electron chi connectivity index (χ0n) is 17.5. The first-order valence-electron chi connectivity index (χ1n) is 11.7. The van der Waals surface area contributed by atoms with Gasteiger partial charge in [0.15, 0.2) is 0 Å². The summed E-state index contributed by atoms with van der Waals surface area (Å²) < 4.78 is 0. The molecular formula is C22H47N3S. The standard InChI is InChI=1S/C22H47N3S/c26-22-14-12-10-8-6-4-2-1-3-5-7-9-11-13-19-25-20-17-23-15-16-24-18-21-25/h23-24,26H,1-22H2. The zero-order valence-corrected chi connectivity index (χ0v) is 18.3. The minimum absolute atomic E-state index is 1.06. The molecule has 156 valence electrons. The molecule has 0 aromatic rings. The number of thiol groups is 1. The van der Waals surface area contributed by atoms with Crippen LogP contribution >= 0.6 is 12.6 Å². The van der Waals surface area contributed by atoms with Gasteiger partial charge >= 0.3 is 0 Å². The molecule has 0 aliphatic carbocycles. The Labute approximate surface area is 169 Å². The minimum Gasteiger partial charge on any atom is -0.314 e. The highest BCUT2D eigenvalue weighted by Crippen LogP contribution is 2.13. The lowest BCUT2D eigenvalue weighted by Gasteiger charge is -2.21. The second-order valence-electron chi connectivity index (χ2n) is 8.01. The van der Waals surface area contributed by atoms with E-state index in [0.29, 0.717) is 0 Å². The maximum atomic E-state index is 4.27. The highest BCUT2D eigenvalue weighted by molar-refractivity contribution is 7.80. The van der Waals surface area contributed by atoms with Gasteiger partial charge in [-0.25, -0.2) is 0 Å². The van der Waals surface area contributed by atoms with Crippen molar-refractivity contribution >= 4 is 12.6 Å². The lowest BCUT2D eigenvalue weighted by molar-refractivity contribution is 0.273. The molecule has 0 aromatic heterocycles. The molecular weight excluding hydrogens is 338 g/mol. The molecule has 3 nitrogen and oxygen atoms in total. The molecule has 0 radical (unpaired) electrons. The third-order valence-electron chi connectivity index (χ3n) is 5.57. The van der Waals surface area contributed by atoms with Gasteiger partial charge in [0.25, 0.3) is 0 Å². The predicted molar refractivity (Wildman–Crippen MR) is 121 cm³/mol. The van der Waals surface area contributed by atoms with Crippen molar-refractivity contribution in [2.45, 2.75) is 89.9 Å². The van der Waals surface area contributed by atoms with Gasteiger partial charge in [0.1, 0.15) is 0 Å². The predicted octanol–water partition coefficient (Wildman–Crippen LogP) is 4.87. The van der Waals surface area contributed by atoms with Crippen LogP contribution in [-0.2, 0) is 0 Å². The zero-order chi connectivity index (χ0) is 18.5. The van der Waals surface area contributed by atoms with E-state index >= 15 is 0 Å². The van der Waals surface area contributed by atoms with Crippen LogP contribution in [0.4, 0.5) is 0 Å². The third kappa shape index (κ3) is 16.4. The van der Waals surface area contributed by atoms with Crippen molar-refractivity contribution in [2.24, 2.45) is 0 Å². The van der Waals surface area contributed by atoms with E-state index in [-0.39, 0.29) is 0 Å². The SMILES string of the molecule is SCCCCCCCCCCCCCCCCN1CCNCCNCC1. The Hall–Kier alpha value is 0.230. The molecule has 1 heterocycles. The Balaban J connectivity index is 1.76. The summed E-state index contributed by atoms with van der Waals surface area (Å²) >= 11 is 4.27. The maximum absolute atomic E-state index is 4.27. The fourth-order valence-corrected chi connectivity index (χ4v) is 4.03. The van der Waals surface area contributed by atoms with Gasteiger partial charge in [0, 0.05) is 39.3 Å². The molecule has 1 aliphatic heterocycles. The average Bonchev–Trinajstić information content (AvgIpc) is 2.79. The molecule has 0 bridgehead atoms. The van der Waals surface area contributed by atoms with E-state index in [1.807, 2.05) is 0 Å². The van der Waals surface area contributed by atoms with Crippen LogP contribution in [0.1, 0.15) is 89.9 Å². The van der Waals surface area contributed by atoms with Gasteiger partial charge in [-0.15, -0.1) is 0 Å². The monoisotopic (exact) mass is 385 g/mol. The molecule has 0 atom stereocenters. The number of rotatable bonds is 16. The molecule has 0 spiro atoms. The molecule has 1 aliphatic rings. The summed E-state index contributed by atoms with van der Waals surface area (Å²) in [5.41, 5.74) is 0. The molecule has 0 amide bonds. The fraction of sp³-hybridized carbons (Fsp3) is 1.00. The molecule has 4 heteroatoms. The van der Waals surface area contributed by atoms with Gasteiger partial charge in [0.2, 0.25) is 0 Å². The van der Waals surface area contributed by atoms with Crippen molar-refractivity contribution in [3.8, 4) is 0 Å². The number of unbranched alkanes of at least 4 members (excludes halogenated alkanes) is 13. The van der Waals surface area contributed by atoms with Crippen molar-refractivity contribution in [1.82, 2.24) is 15.5 Å². The Morgan fingerprint density at radius 1 is 0.500 bits per heavy atom. The summed E-state index contributed by atoms with van der Waals surface area (Å²) in [5.74, 6) is 1.06. The molecule has 1 fully saturated rings. The Kier molecular flexibility index (Phi) is 18.6. The molecule has 0 saturated carbocycles. The van der Waals surface area contributed by atoms with E-state index in [4.69, 9.17) is 0 Å². The summed E-state index contributed by atoms with van der Waals surface area (Å²) in [4.78, 5) is 2.63. The summed E-state index contributed by atoms with van der Waals surface area (Å²) in [5, 5.41) is 7.01. The van der Waals surface area contributed by atoms with E-state index in [2.05, 4.69) is 28.2 Å². The molecule has 1 saturated heterocycles. The van der Waals surface area contributed by atoms with Crippen LogP contribution in [-0.4, -0.2) is 56.5 Å². The van der Waals surface area contributed by atoms with Gasteiger partial charge in [-0.3, -0.25) is 0 Å². The summed E-state index contributed by atoms with van der Waals surface area (Å²) in [6, 6.07) is 0. The second kappa shape index (κ2) is 20.0. The smallest absolute Gasteiger partial charge is 0.0107 e. The molecule has 0 aromatic carbocycles. The van der Waals surface area contributed by atoms with Crippen molar-refractivity contribution < 1.29 is 0 Å². The van der Waals surface area contributed by atoms with Crippen LogP contribution in [0.25, 0.3) is 0 Å². The van der Waals surface area contributed by atoms with Gasteiger partial charge in [-0.1, -0.05) is 77.0 Å². The van der Waals surface area contributed by atoms with Gasteiger partial charge in [-0.2, -0.15) is 12.6 Å².